The molecular formula is C14H22N2O2S. The zero-order valence-electron chi connectivity index (χ0n) is 11.8. The van der Waals surface area contributed by atoms with Gasteiger partial charge in [0.1, 0.15) is 4.88 Å². The summed E-state index contributed by atoms with van der Waals surface area (Å²) in [6.45, 7) is 3.98. The van der Waals surface area contributed by atoms with Crippen LogP contribution in [0.1, 0.15) is 67.2 Å². The van der Waals surface area contributed by atoms with Crippen LogP contribution in [-0.4, -0.2) is 29.1 Å². The minimum Gasteiger partial charge on any atom is -0.477 e. The second kappa shape index (κ2) is 5.90. The van der Waals surface area contributed by atoms with Crippen molar-refractivity contribution in [3.63, 3.8) is 0 Å². The van der Waals surface area contributed by atoms with Crippen LogP contribution in [0, 0.1) is 0 Å². The highest BCUT2D eigenvalue weighted by Gasteiger charge is 2.25. The molecule has 1 heterocycles. The number of anilines is 1. The van der Waals surface area contributed by atoms with E-state index in [1.54, 1.807) is 0 Å². The molecule has 106 valence electrons. The molecule has 1 aliphatic carbocycles. The molecule has 19 heavy (non-hydrogen) atoms. The minimum atomic E-state index is -0.857. The van der Waals surface area contributed by atoms with Gasteiger partial charge in [-0.2, -0.15) is 0 Å². The van der Waals surface area contributed by atoms with E-state index in [0.29, 0.717) is 10.9 Å². The number of rotatable bonds is 4. The zero-order chi connectivity index (χ0) is 14.0. The van der Waals surface area contributed by atoms with Gasteiger partial charge in [0.15, 0.2) is 5.13 Å². The van der Waals surface area contributed by atoms with Gasteiger partial charge in [0.05, 0.1) is 5.69 Å². The molecule has 1 saturated carbocycles. The molecule has 1 N–H and O–H groups in total. The van der Waals surface area contributed by atoms with E-state index in [0.717, 1.165) is 10.8 Å². The molecule has 0 aromatic carbocycles. The Bertz CT molecular complexity index is 450. The summed E-state index contributed by atoms with van der Waals surface area (Å²) in [7, 11) is 2.05. The highest BCUT2D eigenvalue weighted by molar-refractivity contribution is 7.17. The average Bonchev–Trinajstić information content (AvgIpc) is 2.84. The molecule has 2 rings (SSSR count). The Labute approximate surface area is 118 Å². The van der Waals surface area contributed by atoms with E-state index in [1.165, 1.54) is 43.4 Å². The Morgan fingerprint density at radius 2 is 2.00 bits per heavy atom. The first-order chi connectivity index (χ1) is 9.00. The number of aromatic carboxylic acids is 1. The van der Waals surface area contributed by atoms with E-state index in [-0.39, 0.29) is 5.92 Å². The lowest BCUT2D eigenvalue weighted by molar-refractivity contribution is 0.0700. The summed E-state index contributed by atoms with van der Waals surface area (Å²) in [4.78, 5) is 18.4. The molecule has 0 radical (unpaired) electrons. The lowest BCUT2D eigenvalue weighted by Crippen LogP contribution is -2.33. The molecule has 0 amide bonds. The van der Waals surface area contributed by atoms with Crippen LogP contribution in [-0.2, 0) is 0 Å². The Morgan fingerprint density at radius 1 is 1.37 bits per heavy atom. The maximum absolute atomic E-state index is 11.3. The van der Waals surface area contributed by atoms with Gasteiger partial charge in [-0.15, -0.1) is 0 Å². The summed E-state index contributed by atoms with van der Waals surface area (Å²) in [5, 5.41) is 10.1. The van der Waals surface area contributed by atoms with Crippen molar-refractivity contribution in [3.8, 4) is 0 Å². The first-order valence-electron chi connectivity index (χ1n) is 6.97. The van der Waals surface area contributed by atoms with E-state index in [2.05, 4.69) is 9.88 Å². The minimum absolute atomic E-state index is 0.149. The SMILES string of the molecule is CC(C)c1nc(N(C)C2CCCCC2)sc1C(=O)O. The van der Waals surface area contributed by atoms with E-state index in [4.69, 9.17) is 0 Å². The molecule has 1 aromatic rings. The largest absolute Gasteiger partial charge is 0.477 e. The van der Waals surface area contributed by atoms with Crippen LogP contribution < -0.4 is 4.90 Å². The highest BCUT2D eigenvalue weighted by Crippen LogP contribution is 2.33. The molecular weight excluding hydrogens is 260 g/mol. The molecule has 5 heteroatoms. The number of carbonyl (C=O) groups is 1. The number of hydrogen-bond acceptors (Lipinski definition) is 4. The topological polar surface area (TPSA) is 53.4 Å². The number of nitrogens with zero attached hydrogens (tertiary/aromatic N) is 2. The molecule has 0 saturated heterocycles. The van der Waals surface area contributed by atoms with Crippen LogP contribution in [0.2, 0.25) is 0 Å². The summed E-state index contributed by atoms with van der Waals surface area (Å²) in [6, 6.07) is 0.515. The van der Waals surface area contributed by atoms with Crippen molar-refractivity contribution in [2.45, 2.75) is 57.9 Å². The van der Waals surface area contributed by atoms with Crippen molar-refractivity contribution in [1.29, 1.82) is 0 Å². The van der Waals surface area contributed by atoms with Gasteiger partial charge < -0.3 is 10.0 Å². The van der Waals surface area contributed by atoms with Crippen LogP contribution >= 0.6 is 11.3 Å². The Hall–Kier alpha value is -1.10. The molecule has 1 aromatic heterocycles. The third-order valence-corrected chi connectivity index (χ3v) is 4.96. The van der Waals surface area contributed by atoms with Gasteiger partial charge in [0, 0.05) is 13.1 Å². The molecule has 0 bridgehead atoms. The van der Waals surface area contributed by atoms with Gasteiger partial charge in [-0.3, -0.25) is 0 Å². The van der Waals surface area contributed by atoms with Gasteiger partial charge in [0.25, 0.3) is 0 Å². The molecule has 0 spiro atoms. The lowest BCUT2D eigenvalue weighted by atomic mass is 9.95. The van der Waals surface area contributed by atoms with Crippen LogP contribution in [0.4, 0.5) is 5.13 Å². The summed E-state index contributed by atoms with van der Waals surface area (Å²) < 4.78 is 0. The maximum atomic E-state index is 11.3. The fourth-order valence-corrected chi connectivity index (χ4v) is 3.73. The molecule has 0 aliphatic heterocycles. The van der Waals surface area contributed by atoms with Crippen LogP contribution in [0.3, 0.4) is 0 Å². The molecule has 4 nitrogen and oxygen atoms in total. The monoisotopic (exact) mass is 282 g/mol. The zero-order valence-corrected chi connectivity index (χ0v) is 12.7. The Balaban J connectivity index is 2.24. The van der Waals surface area contributed by atoms with E-state index >= 15 is 0 Å². The average molecular weight is 282 g/mol. The van der Waals surface area contributed by atoms with Gasteiger partial charge in [-0.05, 0) is 18.8 Å². The van der Waals surface area contributed by atoms with Crippen molar-refractivity contribution in [2.24, 2.45) is 0 Å². The van der Waals surface area contributed by atoms with Crippen LogP contribution in [0.15, 0.2) is 0 Å². The van der Waals surface area contributed by atoms with Crippen molar-refractivity contribution in [2.75, 3.05) is 11.9 Å². The molecule has 1 aliphatic rings. The molecule has 1 fully saturated rings. The number of hydrogen-bond donors (Lipinski definition) is 1. The standard InChI is InChI=1S/C14H22N2O2S/c1-9(2)11-12(13(17)18)19-14(15-11)16(3)10-7-5-4-6-8-10/h9-10H,4-8H2,1-3H3,(H,17,18). The third kappa shape index (κ3) is 3.08. The van der Waals surface area contributed by atoms with Gasteiger partial charge in [0.2, 0.25) is 0 Å². The van der Waals surface area contributed by atoms with Gasteiger partial charge >= 0.3 is 5.97 Å². The van der Waals surface area contributed by atoms with E-state index in [1.807, 2.05) is 20.9 Å². The Kier molecular flexibility index (Phi) is 4.45. The number of aromatic nitrogens is 1. The van der Waals surface area contributed by atoms with Crippen LogP contribution in [0.5, 0.6) is 0 Å². The van der Waals surface area contributed by atoms with Crippen molar-refractivity contribution < 1.29 is 9.90 Å². The van der Waals surface area contributed by atoms with Crippen molar-refractivity contribution in [1.82, 2.24) is 4.98 Å². The smallest absolute Gasteiger partial charge is 0.347 e. The normalized spacial score (nSPS) is 16.8. The predicted octanol–water partition coefficient (Wildman–Crippen LogP) is 3.73. The summed E-state index contributed by atoms with van der Waals surface area (Å²) >= 11 is 1.31. The summed E-state index contributed by atoms with van der Waals surface area (Å²) in [5.41, 5.74) is 0.718. The molecule has 0 unspecified atom stereocenters. The third-order valence-electron chi connectivity index (χ3n) is 3.81. The maximum Gasteiger partial charge on any atom is 0.347 e. The summed E-state index contributed by atoms with van der Waals surface area (Å²) in [5.74, 6) is -0.708. The van der Waals surface area contributed by atoms with Crippen molar-refractivity contribution >= 4 is 22.4 Å². The first-order valence-corrected chi connectivity index (χ1v) is 7.79. The first kappa shape index (κ1) is 14.3. The second-order valence-corrected chi connectivity index (χ2v) is 6.55. The van der Waals surface area contributed by atoms with E-state index < -0.39 is 5.97 Å². The molecule has 0 atom stereocenters. The second-order valence-electron chi connectivity index (χ2n) is 5.57. The van der Waals surface area contributed by atoms with Crippen LogP contribution in [0.25, 0.3) is 0 Å². The van der Waals surface area contributed by atoms with Gasteiger partial charge in [-0.1, -0.05) is 44.4 Å². The fraction of sp³-hybridized carbons (Fsp3) is 0.714. The fourth-order valence-electron chi connectivity index (χ4n) is 2.64. The Morgan fingerprint density at radius 3 is 2.47 bits per heavy atom. The number of carboxylic acids is 1. The van der Waals surface area contributed by atoms with Crippen molar-refractivity contribution in [3.05, 3.63) is 10.6 Å². The number of thiazole rings is 1. The van der Waals surface area contributed by atoms with Gasteiger partial charge in [-0.25, -0.2) is 9.78 Å². The lowest BCUT2D eigenvalue weighted by Gasteiger charge is -2.30. The number of carboxylic acid groups (broad SMARTS) is 1. The summed E-state index contributed by atoms with van der Waals surface area (Å²) in [6.07, 6.45) is 6.23. The van der Waals surface area contributed by atoms with E-state index in [9.17, 15) is 9.90 Å². The highest BCUT2D eigenvalue weighted by atomic mass is 32.1. The predicted molar refractivity (Wildman–Crippen MR) is 78.4 cm³/mol. The quantitative estimate of drug-likeness (QED) is 0.914.